The third kappa shape index (κ3) is 23.6. The minimum atomic E-state index is 1.11. The maximum absolute atomic E-state index is 2.58. The van der Waals surface area contributed by atoms with Crippen LogP contribution in [0.2, 0.25) is 0 Å². The average Bonchev–Trinajstić information content (AvgIpc) is 3.40. The standard InChI is InChI=1S/C40H79N2/c1-4-7-9-11-13-15-17-19-21-22-23-25-27-29-31-33-35-37-42-39-38-41(6-3)40(42)36-34-32-30-28-26-24-20-18-16-14-12-10-8-5-2/h38-39H,4-37H2,1-3H3/q+1. The minimum Gasteiger partial charge on any atom is -0.235 e. The number of aryl methyl sites for hydroxylation is 2. The van der Waals surface area contributed by atoms with Gasteiger partial charge in [-0.2, -0.15) is 0 Å². The fraction of sp³-hybridized carbons (Fsp3) is 0.925. The third-order valence-electron chi connectivity index (χ3n) is 9.69. The highest BCUT2D eigenvalue weighted by Crippen LogP contribution is 2.16. The molecule has 0 N–H and O–H groups in total. The van der Waals surface area contributed by atoms with E-state index in [4.69, 9.17) is 0 Å². The van der Waals surface area contributed by atoms with Crippen LogP contribution >= 0.6 is 0 Å². The summed E-state index contributed by atoms with van der Waals surface area (Å²) in [4.78, 5) is 0. The van der Waals surface area contributed by atoms with E-state index in [2.05, 4.69) is 42.3 Å². The van der Waals surface area contributed by atoms with Crippen molar-refractivity contribution in [1.82, 2.24) is 4.57 Å². The molecule has 42 heavy (non-hydrogen) atoms. The second-order valence-electron chi connectivity index (χ2n) is 13.7. The van der Waals surface area contributed by atoms with E-state index < -0.39 is 0 Å². The molecule has 0 amide bonds. The average molecular weight is 588 g/mol. The maximum atomic E-state index is 2.58. The predicted octanol–water partition coefficient (Wildman–Crippen LogP) is 13.5. The molecule has 1 aromatic rings. The van der Waals surface area contributed by atoms with Crippen molar-refractivity contribution in [2.75, 3.05) is 0 Å². The zero-order chi connectivity index (χ0) is 30.2. The van der Waals surface area contributed by atoms with Crippen molar-refractivity contribution in [3.05, 3.63) is 18.2 Å². The Morgan fingerprint density at radius 3 is 1.05 bits per heavy atom. The van der Waals surface area contributed by atoms with Gasteiger partial charge in [-0.1, -0.05) is 194 Å². The van der Waals surface area contributed by atoms with E-state index in [-0.39, 0.29) is 0 Å². The first-order valence-electron chi connectivity index (χ1n) is 19.9. The molecule has 0 saturated heterocycles. The Bertz CT molecular complexity index is 648. The summed E-state index contributed by atoms with van der Waals surface area (Å²) in [5.41, 5.74) is 0. The van der Waals surface area contributed by atoms with Crippen molar-refractivity contribution in [2.45, 2.75) is 239 Å². The topological polar surface area (TPSA) is 8.81 Å². The molecular weight excluding hydrogens is 508 g/mol. The summed E-state index contributed by atoms with van der Waals surface area (Å²) in [5.74, 6) is 1.58. The van der Waals surface area contributed by atoms with Crippen molar-refractivity contribution in [3.8, 4) is 0 Å². The number of rotatable bonds is 34. The summed E-state index contributed by atoms with van der Waals surface area (Å²) in [6, 6.07) is 0. The van der Waals surface area contributed by atoms with Crippen LogP contribution in [0.4, 0.5) is 0 Å². The van der Waals surface area contributed by atoms with Crippen molar-refractivity contribution >= 4 is 0 Å². The Hall–Kier alpha value is -0.790. The summed E-state index contributed by atoms with van der Waals surface area (Å²) in [7, 11) is 0. The van der Waals surface area contributed by atoms with Crippen LogP contribution in [0, 0.1) is 0 Å². The van der Waals surface area contributed by atoms with Gasteiger partial charge in [0.2, 0.25) is 0 Å². The first-order valence-corrected chi connectivity index (χ1v) is 19.9. The van der Waals surface area contributed by atoms with Gasteiger partial charge in [0.1, 0.15) is 12.4 Å². The fourth-order valence-corrected chi connectivity index (χ4v) is 6.76. The van der Waals surface area contributed by atoms with Crippen LogP contribution < -0.4 is 4.57 Å². The summed E-state index contributed by atoms with van der Waals surface area (Å²) in [5, 5.41) is 0. The van der Waals surface area contributed by atoms with E-state index >= 15 is 0 Å². The lowest BCUT2D eigenvalue weighted by Crippen LogP contribution is -2.37. The molecule has 0 atom stereocenters. The molecule has 0 aliphatic heterocycles. The van der Waals surface area contributed by atoms with Crippen LogP contribution in [0.3, 0.4) is 0 Å². The highest BCUT2D eigenvalue weighted by atomic mass is 15.1. The van der Waals surface area contributed by atoms with Gasteiger partial charge >= 0.3 is 0 Å². The lowest BCUT2D eigenvalue weighted by molar-refractivity contribution is -0.704. The number of imidazole rings is 1. The molecule has 248 valence electrons. The van der Waals surface area contributed by atoms with E-state index in [0.717, 1.165) is 6.54 Å². The smallest absolute Gasteiger partial charge is 0.235 e. The minimum absolute atomic E-state index is 1.11. The molecule has 0 unspecified atom stereocenters. The lowest BCUT2D eigenvalue weighted by atomic mass is 10.0. The highest BCUT2D eigenvalue weighted by Gasteiger charge is 2.15. The van der Waals surface area contributed by atoms with Crippen molar-refractivity contribution in [2.24, 2.45) is 0 Å². The summed E-state index contributed by atoms with van der Waals surface area (Å²) >= 11 is 0. The molecule has 0 bridgehead atoms. The zero-order valence-corrected chi connectivity index (χ0v) is 29.6. The molecule has 2 heteroatoms. The normalized spacial score (nSPS) is 11.6. The molecule has 0 aliphatic rings. The van der Waals surface area contributed by atoms with Gasteiger partial charge in [0.15, 0.2) is 0 Å². The molecule has 0 aliphatic carbocycles. The monoisotopic (exact) mass is 588 g/mol. The maximum Gasteiger partial charge on any atom is 0.256 e. The van der Waals surface area contributed by atoms with Gasteiger partial charge in [-0.3, -0.25) is 0 Å². The Labute approximate surface area is 266 Å². The predicted molar refractivity (Wildman–Crippen MR) is 188 cm³/mol. The molecule has 0 fully saturated rings. The lowest BCUT2D eigenvalue weighted by Gasteiger charge is -2.06. The number of unbranched alkanes of at least 4 members (excludes halogenated alkanes) is 29. The first-order chi connectivity index (χ1) is 20.8. The number of hydrogen-bond donors (Lipinski definition) is 0. The van der Waals surface area contributed by atoms with E-state index in [9.17, 15) is 0 Å². The van der Waals surface area contributed by atoms with Gasteiger partial charge in [-0.05, 0) is 26.2 Å². The Morgan fingerprint density at radius 2 is 0.714 bits per heavy atom. The SMILES string of the molecule is CCCCCCCCCCCCCCCCCCC[n+]1ccn(CC)c1CCCCCCCCCCCCCCCC. The van der Waals surface area contributed by atoms with Crippen LogP contribution in [0.25, 0.3) is 0 Å². The Kier molecular flexibility index (Phi) is 29.5. The van der Waals surface area contributed by atoms with Crippen LogP contribution in [0.15, 0.2) is 12.4 Å². The second kappa shape index (κ2) is 31.6. The van der Waals surface area contributed by atoms with Crippen LogP contribution in [0.1, 0.15) is 226 Å². The van der Waals surface area contributed by atoms with Gasteiger partial charge in [-0.25, -0.2) is 9.13 Å². The van der Waals surface area contributed by atoms with Gasteiger partial charge in [0, 0.05) is 6.42 Å². The van der Waals surface area contributed by atoms with Gasteiger partial charge < -0.3 is 0 Å². The number of hydrogen-bond acceptors (Lipinski definition) is 0. The summed E-state index contributed by atoms with van der Waals surface area (Å²) in [6.45, 7) is 9.25. The second-order valence-corrected chi connectivity index (χ2v) is 13.7. The summed E-state index contributed by atoms with van der Waals surface area (Å²) < 4.78 is 5.08. The van der Waals surface area contributed by atoms with Crippen LogP contribution in [0.5, 0.6) is 0 Å². The molecule has 0 saturated carbocycles. The van der Waals surface area contributed by atoms with Crippen LogP contribution in [-0.4, -0.2) is 4.57 Å². The molecule has 1 rings (SSSR count). The third-order valence-corrected chi connectivity index (χ3v) is 9.69. The Balaban J connectivity index is 1.95. The van der Waals surface area contributed by atoms with E-state index in [1.807, 2.05) is 0 Å². The molecule has 1 aromatic heterocycles. The molecular formula is C40H79N2+. The van der Waals surface area contributed by atoms with E-state index in [1.54, 1.807) is 5.82 Å². The van der Waals surface area contributed by atoms with Gasteiger partial charge in [0.05, 0.1) is 13.1 Å². The molecule has 0 radical (unpaired) electrons. The zero-order valence-electron chi connectivity index (χ0n) is 29.6. The van der Waals surface area contributed by atoms with Gasteiger partial charge in [0.25, 0.3) is 5.82 Å². The first kappa shape index (κ1) is 39.2. The van der Waals surface area contributed by atoms with Crippen LogP contribution in [-0.2, 0) is 19.5 Å². The molecule has 0 aromatic carbocycles. The van der Waals surface area contributed by atoms with E-state index in [1.165, 1.54) is 212 Å². The van der Waals surface area contributed by atoms with Crippen molar-refractivity contribution in [1.29, 1.82) is 0 Å². The van der Waals surface area contributed by atoms with Crippen molar-refractivity contribution in [3.63, 3.8) is 0 Å². The fourth-order valence-electron chi connectivity index (χ4n) is 6.76. The Morgan fingerprint density at radius 1 is 0.405 bits per heavy atom. The number of aromatic nitrogens is 2. The molecule has 1 heterocycles. The largest absolute Gasteiger partial charge is 0.256 e. The highest BCUT2D eigenvalue weighted by molar-refractivity contribution is 4.84. The summed E-state index contributed by atoms with van der Waals surface area (Å²) in [6.07, 6.45) is 50.8. The van der Waals surface area contributed by atoms with Gasteiger partial charge in [-0.15, -0.1) is 0 Å². The molecule has 0 spiro atoms. The van der Waals surface area contributed by atoms with E-state index in [0.29, 0.717) is 0 Å². The van der Waals surface area contributed by atoms with Crippen molar-refractivity contribution < 1.29 is 4.57 Å². The number of nitrogens with zero attached hydrogens (tertiary/aromatic N) is 2. The molecule has 2 nitrogen and oxygen atoms in total. The quantitative estimate of drug-likeness (QED) is 0.0560.